The molecule has 0 aliphatic carbocycles. The summed E-state index contributed by atoms with van der Waals surface area (Å²) in [4.78, 5) is 17.4. The first kappa shape index (κ1) is 23.5. The molecule has 36 heavy (non-hydrogen) atoms. The van der Waals surface area contributed by atoms with Gasteiger partial charge in [0.2, 0.25) is 0 Å². The van der Waals surface area contributed by atoms with E-state index in [-0.39, 0.29) is 17.8 Å². The molecule has 1 N–H and O–H groups in total. The van der Waals surface area contributed by atoms with Crippen LogP contribution in [0.25, 0.3) is 11.3 Å². The van der Waals surface area contributed by atoms with Gasteiger partial charge < -0.3 is 19.4 Å². The molecule has 8 nitrogen and oxygen atoms in total. The van der Waals surface area contributed by atoms with Crippen LogP contribution in [0.2, 0.25) is 0 Å². The van der Waals surface area contributed by atoms with Crippen molar-refractivity contribution in [3.05, 3.63) is 106 Å². The molecular weight excluding hydrogens is 476 g/mol. The molecule has 2 aromatic carbocycles. The van der Waals surface area contributed by atoms with Crippen LogP contribution >= 0.6 is 12.2 Å². The smallest absolute Gasteiger partial charge is 0.273 e. The van der Waals surface area contributed by atoms with Gasteiger partial charge in [-0.3, -0.25) is 15.1 Å². The first-order valence-corrected chi connectivity index (χ1v) is 11.8. The van der Waals surface area contributed by atoms with Gasteiger partial charge in [-0.1, -0.05) is 12.1 Å². The Morgan fingerprint density at radius 2 is 1.86 bits per heavy atom. The second-order valence-corrected chi connectivity index (χ2v) is 9.07. The molecule has 5 rings (SSSR count). The number of methoxy groups -OCH3 is 1. The van der Waals surface area contributed by atoms with Gasteiger partial charge in [0, 0.05) is 18.0 Å². The van der Waals surface area contributed by atoms with E-state index in [2.05, 4.69) is 47.2 Å². The molecule has 0 amide bonds. The van der Waals surface area contributed by atoms with Crippen LogP contribution in [0.3, 0.4) is 0 Å². The number of thiocarbonyl (C=S) groups is 1. The molecule has 1 fully saturated rings. The normalized spacial score (nSPS) is 17.2. The molecule has 4 aromatic rings. The van der Waals surface area contributed by atoms with Crippen LogP contribution in [0.1, 0.15) is 34.7 Å². The van der Waals surface area contributed by atoms with Crippen LogP contribution in [0, 0.1) is 24.0 Å². The van der Waals surface area contributed by atoms with E-state index in [4.69, 9.17) is 21.4 Å². The molecule has 1 saturated heterocycles. The molecule has 2 atom stereocenters. The molecule has 0 bridgehead atoms. The fourth-order valence-electron chi connectivity index (χ4n) is 4.67. The van der Waals surface area contributed by atoms with Gasteiger partial charge in [-0.2, -0.15) is 0 Å². The lowest BCUT2D eigenvalue weighted by Gasteiger charge is -2.26. The molecular formula is C27H24N4O4S. The number of aryl methyl sites for hydroxylation is 2. The van der Waals surface area contributed by atoms with E-state index in [1.165, 1.54) is 19.2 Å². The Balaban J connectivity index is 1.61. The number of ether oxygens (including phenoxy) is 1. The number of anilines is 1. The van der Waals surface area contributed by atoms with Crippen LogP contribution in [0.4, 0.5) is 11.4 Å². The number of nitrogens with zero attached hydrogens (tertiary/aromatic N) is 3. The Labute approximate surface area is 213 Å². The van der Waals surface area contributed by atoms with Gasteiger partial charge in [0.15, 0.2) is 5.11 Å². The van der Waals surface area contributed by atoms with Crippen molar-refractivity contribution in [2.45, 2.75) is 25.9 Å². The van der Waals surface area contributed by atoms with Crippen molar-refractivity contribution in [3.8, 4) is 17.1 Å². The van der Waals surface area contributed by atoms with Crippen LogP contribution in [0.5, 0.6) is 5.75 Å². The molecule has 2 aromatic heterocycles. The van der Waals surface area contributed by atoms with E-state index >= 15 is 0 Å². The van der Waals surface area contributed by atoms with Crippen LogP contribution < -0.4 is 15.0 Å². The van der Waals surface area contributed by atoms with E-state index in [1.54, 1.807) is 12.3 Å². The Bertz CT molecular complexity index is 1430. The SMILES string of the molecule is COc1cc([N+](=O)[O-])ccc1-c1ccc([C@@H]2[C@H](c3ccccn3)NC(=S)N2c2cc(C)cc(C)c2)o1. The first-order chi connectivity index (χ1) is 17.4. The lowest BCUT2D eigenvalue weighted by atomic mass is 10.0. The van der Waals surface area contributed by atoms with E-state index in [0.29, 0.717) is 27.9 Å². The first-order valence-electron chi connectivity index (χ1n) is 11.4. The number of rotatable bonds is 6. The summed E-state index contributed by atoms with van der Waals surface area (Å²) in [6.45, 7) is 4.11. The molecule has 9 heteroatoms. The molecule has 0 unspecified atom stereocenters. The third-order valence-electron chi connectivity index (χ3n) is 6.16. The number of hydrogen-bond donors (Lipinski definition) is 1. The zero-order chi connectivity index (χ0) is 25.4. The highest BCUT2D eigenvalue weighted by atomic mass is 32.1. The molecule has 0 radical (unpaired) electrons. The van der Waals surface area contributed by atoms with Gasteiger partial charge in [-0.05, 0) is 79.7 Å². The number of nitrogens with one attached hydrogen (secondary N) is 1. The zero-order valence-electron chi connectivity index (χ0n) is 20.0. The maximum Gasteiger partial charge on any atom is 0.273 e. The van der Waals surface area contributed by atoms with Crippen molar-refractivity contribution in [2.24, 2.45) is 0 Å². The lowest BCUT2D eigenvalue weighted by Crippen LogP contribution is -2.29. The average molecular weight is 501 g/mol. The summed E-state index contributed by atoms with van der Waals surface area (Å²) in [5.41, 5.74) is 4.62. The van der Waals surface area contributed by atoms with Gasteiger partial charge in [0.1, 0.15) is 23.3 Å². The third kappa shape index (κ3) is 4.29. The molecule has 1 aliphatic heterocycles. The van der Waals surface area contributed by atoms with Gasteiger partial charge in [-0.15, -0.1) is 0 Å². The minimum absolute atomic E-state index is 0.0519. The second-order valence-electron chi connectivity index (χ2n) is 8.69. The van der Waals surface area contributed by atoms with Crippen molar-refractivity contribution in [3.63, 3.8) is 0 Å². The zero-order valence-corrected chi connectivity index (χ0v) is 20.8. The molecule has 3 heterocycles. The highest BCUT2D eigenvalue weighted by Crippen LogP contribution is 2.44. The van der Waals surface area contributed by atoms with Gasteiger partial charge in [-0.25, -0.2) is 0 Å². The van der Waals surface area contributed by atoms with E-state index in [0.717, 1.165) is 22.5 Å². The number of pyridine rings is 1. The summed E-state index contributed by atoms with van der Waals surface area (Å²) in [5.74, 6) is 1.57. The van der Waals surface area contributed by atoms with Gasteiger partial charge in [0.25, 0.3) is 5.69 Å². The second kappa shape index (κ2) is 9.43. The third-order valence-corrected chi connectivity index (χ3v) is 6.48. The fourth-order valence-corrected chi connectivity index (χ4v) is 5.01. The Morgan fingerprint density at radius 3 is 2.53 bits per heavy atom. The maximum absolute atomic E-state index is 11.2. The molecule has 0 saturated carbocycles. The van der Waals surface area contributed by atoms with Crippen molar-refractivity contribution >= 4 is 28.7 Å². The van der Waals surface area contributed by atoms with Crippen molar-refractivity contribution in [1.82, 2.24) is 10.3 Å². The van der Waals surface area contributed by atoms with E-state index in [9.17, 15) is 10.1 Å². The van der Waals surface area contributed by atoms with Gasteiger partial charge >= 0.3 is 0 Å². The van der Waals surface area contributed by atoms with Crippen molar-refractivity contribution in [2.75, 3.05) is 12.0 Å². The summed E-state index contributed by atoms with van der Waals surface area (Å²) in [6, 6.07) is 19.7. The summed E-state index contributed by atoms with van der Waals surface area (Å²) in [6.07, 6.45) is 1.76. The largest absolute Gasteiger partial charge is 0.496 e. The number of hydrogen-bond acceptors (Lipinski definition) is 6. The Hall–Kier alpha value is -4.24. The number of benzene rings is 2. The van der Waals surface area contributed by atoms with Crippen LogP contribution in [0.15, 0.2) is 77.3 Å². The number of non-ortho nitro benzene ring substituents is 1. The maximum atomic E-state index is 11.2. The summed E-state index contributed by atoms with van der Waals surface area (Å²) in [5, 5.41) is 15.2. The fraction of sp³-hybridized carbons (Fsp3) is 0.185. The molecule has 1 aliphatic rings. The Morgan fingerprint density at radius 1 is 1.08 bits per heavy atom. The minimum Gasteiger partial charge on any atom is -0.496 e. The number of furan rings is 1. The topological polar surface area (TPSA) is 93.7 Å². The summed E-state index contributed by atoms with van der Waals surface area (Å²) in [7, 11) is 1.48. The number of aromatic nitrogens is 1. The predicted octanol–water partition coefficient (Wildman–Crippen LogP) is 6.05. The van der Waals surface area contributed by atoms with Crippen molar-refractivity contribution < 1.29 is 14.1 Å². The van der Waals surface area contributed by atoms with Crippen molar-refractivity contribution in [1.29, 1.82) is 0 Å². The molecule has 0 spiro atoms. The monoisotopic (exact) mass is 500 g/mol. The standard InChI is InChI=1S/C27H24N4O4S/c1-16-12-17(2)14-19(13-16)30-26(25(29-27(30)36)21-6-4-5-11-28-21)23-10-9-22(35-23)20-8-7-18(31(32)33)15-24(20)34-3/h4-15,25-26H,1-3H3,(H,29,36)/t25-,26+/m0/s1. The van der Waals surface area contributed by atoms with Crippen LogP contribution in [-0.2, 0) is 0 Å². The quantitative estimate of drug-likeness (QED) is 0.194. The predicted molar refractivity (Wildman–Crippen MR) is 141 cm³/mol. The molecule has 182 valence electrons. The van der Waals surface area contributed by atoms with Gasteiger partial charge in [0.05, 0.1) is 35.4 Å². The van der Waals surface area contributed by atoms with E-state index in [1.807, 2.05) is 30.3 Å². The lowest BCUT2D eigenvalue weighted by molar-refractivity contribution is -0.384. The Kier molecular flexibility index (Phi) is 6.15. The number of nitro benzene ring substituents is 1. The average Bonchev–Trinajstić information content (AvgIpc) is 3.48. The highest BCUT2D eigenvalue weighted by Gasteiger charge is 2.42. The van der Waals surface area contributed by atoms with E-state index < -0.39 is 4.92 Å². The summed E-state index contributed by atoms with van der Waals surface area (Å²) < 4.78 is 11.8. The summed E-state index contributed by atoms with van der Waals surface area (Å²) >= 11 is 5.80. The number of nitro groups is 1. The minimum atomic E-state index is -0.454. The highest BCUT2D eigenvalue weighted by molar-refractivity contribution is 7.80. The van der Waals surface area contributed by atoms with Crippen LogP contribution in [-0.4, -0.2) is 22.1 Å².